The van der Waals surface area contributed by atoms with Crippen molar-refractivity contribution < 1.29 is 32.0 Å². The van der Waals surface area contributed by atoms with E-state index < -0.39 is 27.2 Å². The van der Waals surface area contributed by atoms with Gasteiger partial charge < -0.3 is 9.84 Å². The fourth-order valence-electron chi connectivity index (χ4n) is 1.77. The summed E-state index contributed by atoms with van der Waals surface area (Å²) in [5.41, 5.74) is -2.30. The molecule has 2 rings (SSSR count). The summed E-state index contributed by atoms with van der Waals surface area (Å²) < 4.78 is 48.9. The first-order chi connectivity index (χ1) is 10.8. The number of ketones is 1. The average molecular weight is 340 g/mol. The van der Waals surface area contributed by atoms with Crippen LogP contribution >= 0.6 is 0 Å². The van der Waals surface area contributed by atoms with Gasteiger partial charge in [0.1, 0.15) is 18.2 Å². The number of rotatable bonds is 6. The molecule has 0 aromatic heterocycles. The number of carbonyl (C=O) groups is 1. The second kappa shape index (κ2) is 6.86. The van der Waals surface area contributed by atoms with Crippen molar-refractivity contribution in [3.63, 3.8) is 0 Å². The quantitative estimate of drug-likeness (QED) is 0.614. The third kappa shape index (κ3) is 4.35. The molecule has 122 valence electrons. The molecular weight excluding hydrogens is 327 g/mol. The molecule has 0 aliphatic carbocycles. The first kappa shape index (κ1) is 17.1. The van der Waals surface area contributed by atoms with Crippen LogP contribution in [-0.4, -0.2) is 29.3 Å². The van der Waals surface area contributed by atoms with Crippen LogP contribution in [0, 0.1) is 5.82 Å². The summed E-state index contributed by atoms with van der Waals surface area (Å²) >= 11 is 0. The van der Waals surface area contributed by atoms with Crippen LogP contribution in [0.25, 0.3) is 0 Å². The first-order valence-electron chi connectivity index (χ1n) is 6.44. The number of aliphatic hydroxyl groups is 1. The molecular formula is C15H13FO6S. The molecule has 1 unspecified atom stereocenters. The molecule has 0 amide bonds. The molecule has 0 saturated heterocycles. The number of aliphatic hydroxyl groups excluding tert-OH is 1. The maximum absolute atomic E-state index is 13.4. The lowest BCUT2D eigenvalue weighted by Gasteiger charge is -2.09. The van der Waals surface area contributed by atoms with Crippen molar-refractivity contribution in [1.29, 1.82) is 0 Å². The Kier molecular flexibility index (Phi) is 5.09. The predicted molar refractivity (Wildman–Crippen MR) is 79.1 cm³/mol. The van der Waals surface area contributed by atoms with Crippen molar-refractivity contribution in [2.24, 2.45) is 0 Å². The van der Waals surface area contributed by atoms with Crippen molar-refractivity contribution in [3.8, 4) is 5.75 Å². The molecule has 0 radical (unpaired) electrons. The van der Waals surface area contributed by atoms with Crippen LogP contribution in [0.3, 0.4) is 0 Å². The Morgan fingerprint density at radius 1 is 1.13 bits per heavy atom. The summed E-state index contributed by atoms with van der Waals surface area (Å²) in [7, 11) is -4.88. The van der Waals surface area contributed by atoms with E-state index in [2.05, 4.69) is 0 Å². The predicted octanol–water partition coefficient (Wildman–Crippen LogP) is 1.79. The van der Waals surface area contributed by atoms with Crippen LogP contribution in [0.4, 0.5) is 4.39 Å². The van der Waals surface area contributed by atoms with Gasteiger partial charge in [-0.1, -0.05) is 18.2 Å². The first-order valence-corrected chi connectivity index (χ1v) is 7.94. The van der Waals surface area contributed by atoms with Gasteiger partial charge >= 0.3 is 0 Å². The van der Waals surface area contributed by atoms with Crippen LogP contribution in [-0.2, 0) is 16.7 Å². The maximum Gasteiger partial charge on any atom is 0.299 e. The third-order valence-corrected chi connectivity index (χ3v) is 3.78. The summed E-state index contributed by atoms with van der Waals surface area (Å²) in [6, 6.07) is 11.3. The second-order valence-electron chi connectivity index (χ2n) is 4.64. The Morgan fingerprint density at radius 2 is 1.74 bits per heavy atom. The van der Waals surface area contributed by atoms with E-state index in [-0.39, 0.29) is 12.2 Å². The molecule has 0 spiro atoms. The molecule has 0 aliphatic heterocycles. The zero-order valence-electron chi connectivity index (χ0n) is 11.7. The molecule has 1 atom stereocenters. The topological polar surface area (TPSA) is 101 Å². The molecule has 2 aromatic carbocycles. The monoisotopic (exact) mass is 340 g/mol. The largest absolute Gasteiger partial charge is 0.489 e. The molecule has 2 N–H and O–H groups in total. The third-order valence-electron chi connectivity index (χ3n) is 3.00. The maximum atomic E-state index is 13.4. The molecule has 0 aliphatic rings. The smallest absolute Gasteiger partial charge is 0.299 e. The lowest BCUT2D eigenvalue weighted by atomic mass is 10.1. The minimum absolute atomic E-state index is 0.0202. The van der Waals surface area contributed by atoms with E-state index in [0.29, 0.717) is 11.3 Å². The number of hydrogen-bond donors (Lipinski definition) is 2. The molecule has 23 heavy (non-hydrogen) atoms. The summed E-state index contributed by atoms with van der Waals surface area (Å²) in [6.07, 6.45) is 0. The van der Waals surface area contributed by atoms with Gasteiger partial charge in [0.15, 0.2) is 0 Å². The van der Waals surface area contributed by atoms with Gasteiger partial charge in [0.25, 0.3) is 10.1 Å². The summed E-state index contributed by atoms with van der Waals surface area (Å²) in [4.78, 5) is 11.6. The number of hydrogen-bond acceptors (Lipinski definition) is 5. The van der Waals surface area contributed by atoms with Crippen LogP contribution in [0.5, 0.6) is 5.75 Å². The van der Waals surface area contributed by atoms with Crippen molar-refractivity contribution in [2.75, 3.05) is 0 Å². The van der Waals surface area contributed by atoms with Gasteiger partial charge in [-0.25, -0.2) is 4.39 Å². The van der Waals surface area contributed by atoms with Gasteiger partial charge in [0, 0.05) is 11.1 Å². The second-order valence-corrected chi connectivity index (χ2v) is 6.11. The van der Waals surface area contributed by atoms with Gasteiger partial charge in [0.2, 0.25) is 11.2 Å². The van der Waals surface area contributed by atoms with Crippen molar-refractivity contribution in [2.45, 2.75) is 12.0 Å². The molecule has 0 saturated carbocycles. The number of ether oxygens (including phenoxy) is 1. The van der Waals surface area contributed by atoms with E-state index in [1.54, 1.807) is 18.2 Å². The Hall–Kier alpha value is -2.29. The minimum Gasteiger partial charge on any atom is -0.489 e. The van der Waals surface area contributed by atoms with E-state index in [9.17, 15) is 22.7 Å². The van der Waals surface area contributed by atoms with Gasteiger partial charge in [-0.2, -0.15) is 8.42 Å². The summed E-state index contributed by atoms with van der Waals surface area (Å²) in [6.45, 7) is -0.0202. The average Bonchev–Trinajstić information content (AvgIpc) is 2.52. The van der Waals surface area contributed by atoms with E-state index in [1.807, 2.05) is 0 Å². The van der Waals surface area contributed by atoms with Crippen LogP contribution < -0.4 is 4.74 Å². The van der Waals surface area contributed by atoms with Crippen LogP contribution in [0.1, 0.15) is 15.9 Å². The van der Waals surface area contributed by atoms with Crippen molar-refractivity contribution in [3.05, 3.63) is 65.5 Å². The molecule has 6 nitrogen and oxygen atoms in total. The SMILES string of the molecule is O=C(c1ccc(OCc2ccccc2F)cc1)C(O)S(=O)(=O)O. The van der Waals surface area contributed by atoms with Crippen LogP contribution in [0.15, 0.2) is 48.5 Å². The van der Waals surface area contributed by atoms with Gasteiger partial charge in [-0.15, -0.1) is 0 Å². The van der Waals surface area contributed by atoms with Crippen LogP contribution in [0.2, 0.25) is 0 Å². The lowest BCUT2D eigenvalue weighted by molar-refractivity contribution is 0.0848. The molecule has 0 bridgehead atoms. The molecule has 2 aromatic rings. The Balaban J connectivity index is 2.05. The fraction of sp³-hybridized carbons (Fsp3) is 0.133. The highest BCUT2D eigenvalue weighted by Gasteiger charge is 2.29. The zero-order valence-corrected chi connectivity index (χ0v) is 12.5. The minimum atomic E-state index is -4.88. The highest BCUT2D eigenvalue weighted by atomic mass is 32.2. The molecule has 8 heteroatoms. The number of Topliss-reactive ketones (excluding diaryl/α,β-unsaturated/α-hetero) is 1. The Bertz CT molecular complexity index is 801. The van der Waals surface area contributed by atoms with E-state index in [0.717, 1.165) is 0 Å². The van der Waals surface area contributed by atoms with E-state index in [4.69, 9.17) is 9.29 Å². The Labute approximate surface area is 131 Å². The zero-order chi connectivity index (χ0) is 17.0. The van der Waals surface area contributed by atoms with E-state index in [1.165, 1.54) is 30.3 Å². The highest BCUT2D eigenvalue weighted by molar-refractivity contribution is 7.87. The van der Waals surface area contributed by atoms with Gasteiger partial charge in [-0.3, -0.25) is 9.35 Å². The van der Waals surface area contributed by atoms with E-state index >= 15 is 0 Å². The number of carbonyl (C=O) groups excluding carboxylic acids is 1. The number of halogens is 1. The standard InChI is InChI=1S/C15H13FO6S/c16-13-4-2-1-3-11(13)9-22-12-7-5-10(6-8-12)14(17)15(18)23(19,20)21/h1-8,15,18H,9H2,(H,19,20,21). The highest BCUT2D eigenvalue weighted by Crippen LogP contribution is 2.17. The number of benzene rings is 2. The normalized spacial score (nSPS) is 12.7. The lowest BCUT2D eigenvalue weighted by Crippen LogP contribution is -2.29. The van der Waals surface area contributed by atoms with Gasteiger partial charge in [0.05, 0.1) is 0 Å². The summed E-state index contributed by atoms with van der Waals surface area (Å²) in [5, 5.41) is 9.20. The molecule has 0 heterocycles. The molecule has 0 fully saturated rings. The Morgan fingerprint density at radius 3 is 2.30 bits per heavy atom. The van der Waals surface area contributed by atoms with Crippen molar-refractivity contribution >= 4 is 15.9 Å². The van der Waals surface area contributed by atoms with Crippen molar-refractivity contribution in [1.82, 2.24) is 0 Å². The fourth-order valence-corrected chi connectivity index (χ4v) is 2.18. The van der Waals surface area contributed by atoms with Gasteiger partial charge in [-0.05, 0) is 30.3 Å². The summed E-state index contributed by atoms with van der Waals surface area (Å²) in [5.74, 6) is -1.24.